The second-order valence-electron chi connectivity index (χ2n) is 4.96. The molecule has 5 heteroatoms. The number of alkyl halides is 1. The van der Waals surface area contributed by atoms with Crippen LogP contribution < -0.4 is 4.31 Å². The molecule has 21 heavy (non-hydrogen) atoms. The lowest BCUT2D eigenvalue weighted by molar-refractivity contribution is 0.593. The fraction of sp³-hybridized carbons (Fsp3) is 0.250. The molecule has 0 spiro atoms. The van der Waals surface area contributed by atoms with Crippen molar-refractivity contribution in [1.82, 2.24) is 0 Å². The van der Waals surface area contributed by atoms with E-state index in [1.54, 1.807) is 13.1 Å². The highest BCUT2D eigenvalue weighted by molar-refractivity contribution is 7.92. The minimum absolute atomic E-state index is 0.0391. The lowest BCUT2D eigenvalue weighted by Gasteiger charge is -2.21. The molecule has 2 rings (SSSR count). The van der Waals surface area contributed by atoms with Gasteiger partial charge in [-0.25, -0.2) is 8.42 Å². The standard InChI is InChI=1S/C16H18ClNO2S/c1-13-6-3-4-9-16(13)18(2)21(19,20)12-15-8-5-7-14(10-15)11-17/h3-10H,11-12H2,1-2H3. The summed E-state index contributed by atoms with van der Waals surface area (Å²) in [5, 5.41) is 0. The van der Waals surface area contributed by atoms with Crippen molar-refractivity contribution >= 4 is 27.3 Å². The molecule has 2 aromatic carbocycles. The number of aryl methyl sites for hydroxylation is 1. The largest absolute Gasteiger partial charge is 0.273 e. The first kappa shape index (κ1) is 15.9. The van der Waals surface area contributed by atoms with Gasteiger partial charge in [0.25, 0.3) is 0 Å². The van der Waals surface area contributed by atoms with E-state index in [1.165, 1.54) is 4.31 Å². The van der Waals surface area contributed by atoms with Crippen molar-refractivity contribution < 1.29 is 8.42 Å². The van der Waals surface area contributed by atoms with Gasteiger partial charge in [0.1, 0.15) is 0 Å². The van der Waals surface area contributed by atoms with Crippen LogP contribution in [0.25, 0.3) is 0 Å². The minimum Gasteiger partial charge on any atom is -0.273 e. The maximum Gasteiger partial charge on any atom is 0.239 e. The average Bonchev–Trinajstić information content (AvgIpc) is 2.47. The Kier molecular flexibility index (Phi) is 4.91. The summed E-state index contributed by atoms with van der Waals surface area (Å²) in [6.45, 7) is 1.90. The summed E-state index contributed by atoms with van der Waals surface area (Å²) < 4.78 is 26.4. The number of hydrogen-bond acceptors (Lipinski definition) is 2. The average molecular weight is 324 g/mol. The number of anilines is 1. The first-order valence-electron chi connectivity index (χ1n) is 6.60. The highest BCUT2D eigenvalue weighted by Crippen LogP contribution is 2.23. The van der Waals surface area contributed by atoms with Crippen molar-refractivity contribution in [3.63, 3.8) is 0 Å². The van der Waals surface area contributed by atoms with Gasteiger partial charge in [-0.1, -0.05) is 42.5 Å². The topological polar surface area (TPSA) is 37.4 Å². The van der Waals surface area contributed by atoms with Crippen LogP contribution in [-0.2, 0) is 21.7 Å². The van der Waals surface area contributed by atoms with Crippen LogP contribution in [0.2, 0.25) is 0 Å². The van der Waals surface area contributed by atoms with Gasteiger partial charge in [0, 0.05) is 12.9 Å². The summed E-state index contributed by atoms with van der Waals surface area (Å²) in [4.78, 5) is 0. The summed E-state index contributed by atoms with van der Waals surface area (Å²) in [6, 6.07) is 14.8. The molecule has 3 nitrogen and oxygen atoms in total. The zero-order valence-corrected chi connectivity index (χ0v) is 13.7. The Hall–Kier alpha value is -1.52. The van der Waals surface area contributed by atoms with Gasteiger partial charge in [0.2, 0.25) is 10.0 Å². The summed E-state index contributed by atoms with van der Waals surface area (Å²) >= 11 is 5.79. The zero-order valence-electron chi connectivity index (χ0n) is 12.1. The fourth-order valence-corrected chi connectivity index (χ4v) is 3.64. The lowest BCUT2D eigenvalue weighted by atomic mass is 10.2. The van der Waals surface area contributed by atoms with Crippen molar-refractivity contribution in [2.45, 2.75) is 18.6 Å². The quantitative estimate of drug-likeness (QED) is 0.787. The van der Waals surface area contributed by atoms with Gasteiger partial charge in [-0.2, -0.15) is 0 Å². The van der Waals surface area contributed by atoms with Crippen LogP contribution in [0.5, 0.6) is 0 Å². The third kappa shape index (κ3) is 3.77. The van der Waals surface area contributed by atoms with Crippen LogP contribution in [0.1, 0.15) is 16.7 Å². The molecule has 112 valence electrons. The normalized spacial score (nSPS) is 11.4. The van der Waals surface area contributed by atoms with Gasteiger partial charge >= 0.3 is 0 Å². The van der Waals surface area contributed by atoms with Crippen LogP contribution in [0.15, 0.2) is 48.5 Å². The Bertz CT molecular complexity index is 729. The second kappa shape index (κ2) is 6.50. The molecular weight excluding hydrogens is 306 g/mol. The van der Waals surface area contributed by atoms with Gasteiger partial charge in [-0.05, 0) is 29.7 Å². The predicted octanol–water partition coefficient (Wildman–Crippen LogP) is 3.70. The molecule has 0 saturated carbocycles. The Balaban J connectivity index is 2.27. The molecule has 0 aromatic heterocycles. The molecule has 0 heterocycles. The smallest absolute Gasteiger partial charge is 0.239 e. The van der Waals surface area contributed by atoms with Crippen LogP contribution in [-0.4, -0.2) is 15.5 Å². The summed E-state index contributed by atoms with van der Waals surface area (Å²) in [5.41, 5.74) is 3.29. The number of nitrogens with zero attached hydrogens (tertiary/aromatic N) is 1. The predicted molar refractivity (Wildman–Crippen MR) is 88.2 cm³/mol. The Morgan fingerprint density at radius 3 is 2.38 bits per heavy atom. The summed E-state index contributed by atoms with van der Waals surface area (Å²) in [5.74, 6) is 0.337. The van der Waals surface area contributed by atoms with Crippen LogP contribution in [0, 0.1) is 6.92 Å². The number of benzene rings is 2. The highest BCUT2D eigenvalue weighted by atomic mass is 35.5. The maximum absolute atomic E-state index is 12.5. The Morgan fingerprint density at radius 2 is 1.71 bits per heavy atom. The molecule has 0 aliphatic carbocycles. The SMILES string of the molecule is Cc1ccccc1N(C)S(=O)(=O)Cc1cccc(CCl)c1. The van der Waals surface area contributed by atoms with Crippen molar-refractivity contribution in [3.05, 3.63) is 65.2 Å². The van der Waals surface area contributed by atoms with Gasteiger partial charge in [-0.15, -0.1) is 11.6 Å². The van der Waals surface area contributed by atoms with Gasteiger partial charge in [-0.3, -0.25) is 4.31 Å². The third-order valence-corrected chi connectivity index (χ3v) is 5.40. The van der Waals surface area contributed by atoms with E-state index >= 15 is 0 Å². The molecule has 0 amide bonds. The van der Waals surface area contributed by atoms with Gasteiger partial charge < -0.3 is 0 Å². The van der Waals surface area contributed by atoms with Crippen molar-refractivity contribution in [2.75, 3.05) is 11.4 Å². The minimum atomic E-state index is -3.42. The summed E-state index contributed by atoms with van der Waals surface area (Å²) in [7, 11) is -1.84. The van der Waals surface area contributed by atoms with Crippen LogP contribution in [0.4, 0.5) is 5.69 Å². The molecule has 0 aliphatic heterocycles. The number of rotatable bonds is 5. The first-order chi connectivity index (χ1) is 9.94. The van der Waals surface area contributed by atoms with Gasteiger partial charge in [0.05, 0.1) is 11.4 Å². The lowest BCUT2D eigenvalue weighted by Crippen LogP contribution is -2.28. The van der Waals surface area contributed by atoms with Crippen molar-refractivity contribution in [1.29, 1.82) is 0 Å². The van der Waals surface area contributed by atoms with E-state index in [9.17, 15) is 8.42 Å². The molecule has 0 saturated heterocycles. The van der Waals surface area contributed by atoms with E-state index in [1.807, 2.05) is 49.4 Å². The second-order valence-corrected chi connectivity index (χ2v) is 7.23. The Labute approximate surface area is 131 Å². The monoisotopic (exact) mass is 323 g/mol. The number of sulfonamides is 1. The third-order valence-electron chi connectivity index (χ3n) is 3.37. The molecule has 0 fully saturated rings. The van der Waals surface area contributed by atoms with Crippen molar-refractivity contribution in [2.24, 2.45) is 0 Å². The fourth-order valence-electron chi connectivity index (χ4n) is 2.18. The molecule has 0 aliphatic rings. The molecule has 0 bridgehead atoms. The number of hydrogen-bond donors (Lipinski definition) is 0. The molecule has 0 N–H and O–H groups in total. The molecule has 0 unspecified atom stereocenters. The number of para-hydroxylation sites is 1. The molecular formula is C16H18ClNO2S. The molecule has 0 radical (unpaired) electrons. The van der Waals surface area contributed by atoms with Crippen molar-refractivity contribution in [3.8, 4) is 0 Å². The van der Waals surface area contributed by atoms with E-state index in [-0.39, 0.29) is 5.75 Å². The highest BCUT2D eigenvalue weighted by Gasteiger charge is 2.20. The van der Waals surface area contributed by atoms with E-state index in [2.05, 4.69) is 0 Å². The summed E-state index contributed by atoms with van der Waals surface area (Å²) in [6.07, 6.45) is 0. The van der Waals surface area contributed by atoms with Crippen LogP contribution in [0.3, 0.4) is 0 Å². The first-order valence-corrected chi connectivity index (χ1v) is 8.74. The van der Waals surface area contributed by atoms with Crippen LogP contribution >= 0.6 is 11.6 Å². The van der Waals surface area contributed by atoms with Gasteiger partial charge in [0.15, 0.2) is 0 Å². The zero-order chi connectivity index (χ0) is 15.5. The molecule has 0 atom stereocenters. The van der Waals surface area contributed by atoms with E-state index in [4.69, 9.17) is 11.6 Å². The maximum atomic E-state index is 12.5. The molecule has 2 aromatic rings. The van der Waals surface area contributed by atoms with E-state index in [0.29, 0.717) is 11.6 Å². The Morgan fingerprint density at radius 1 is 1.05 bits per heavy atom. The number of halogens is 1. The van der Waals surface area contributed by atoms with E-state index < -0.39 is 10.0 Å². The van der Waals surface area contributed by atoms with E-state index in [0.717, 1.165) is 16.7 Å².